The van der Waals surface area contributed by atoms with E-state index >= 15 is 0 Å². The maximum atomic E-state index is 9.87. The van der Waals surface area contributed by atoms with Crippen molar-refractivity contribution in [2.24, 2.45) is 0 Å². The summed E-state index contributed by atoms with van der Waals surface area (Å²) in [7, 11) is 0. The molecule has 4 aromatic rings. The van der Waals surface area contributed by atoms with Crippen LogP contribution in [0.2, 0.25) is 0 Å². The number of fused-ring (bicyclic) bond motifs is 1. The van der Waals surface area contributed by atoms with Gasteiger partial charge in [-0.25, -0.2) is 14.5 Å². The van der Waals surface area contributed by atoms with E-state index in [0.717, 1.165) is 23.9 Å². The average Bonchev–Trinajstić information content (AvgIpc) is 3.39. The molecule has 4 heterocycles. The van der Waals surface area contributed by atoms with E-state index in [1.165, 1.54) is 25.0 Å². The van der Waals surface area contributed by atoms with Gasteiger partial charge in [0.15, 0.2) is 17.1 Å². The van der Waals surface area contributed by atoms with Crippen LogP contribution in [0.3, 0.4) is 0 Å². The second-order valence-electron chi connectivity index (χ2n) is 7.53. The molecule has 5 rings (SSSR count). The minimum atomic E-state index is -0.191. The van der Waals surface area contributed by atoms with Crippen molar-refractivity contribution < 1.29 is 10.2 Å². The van der Waals surface area contributed by atoms with Gasteiger partial charge in [0.25, 0.3) is 0 Å². The van der Waals surface area contributed by atoms with Crippen LogP contribution in [0.1, 0.15) is 19.8 Å². The van der Waals surface area contributed by atoms with Crippen molar-refractivity contribution in [1.82, 2.24) is 19.6 Å². The van der Waals surface area contributed by atoms with Crippen molar-refractivity contribution in [3.8, 4) is 22.8 Å². The van der Waals surface area contributed by atoms with Crippen LogP contribution in [-0.2, 0) is 0 Å². The van der Waals surface area contributed by atoms with Crippen molar-refractivity contribution in [3.63, 3.8) is 0 Å². The van der Waals surface area contributed by atoms with Crippen LogP contribution in [-0.4, -0.2) is 42.4 Å². The molecule has 1 unspecified atom stereocenters. The lowest BCUT2D eigenvalue weighted by atomic mass is 10.1. The quantitative estimate of drug-likeness (QED) is 0.445. The number of aromatic hydroxyl groups is 2. The summed E-state index contributed by atoms with van der Waals surface area (Å²) in [5.74, 6) is 1.32. The Morgan fingerprint density at radius 1 is 1.10 bits per heavy atom. The Balaban J connectivity index is 1.53. The van der Waals surface area contributed by atoms with E-state index in [4.69, 9.17) is 4.98 Å². The van der Waals surface area contributed by atoms with E-state index in [1.54, 1.807) is 23.0 Å². The molecule has 152 valence electrons. The van der Waals surface area contributed by atoms with E-state index in [-0.39, 0.29) is 11.5 Å². The van der Waals surface area contributed by atoms with E-state index in [2.05, 4.69) is 27.2 Å². The van der Waals surface area contributed by atoms with Gasteiger partial charge in [0.2, 0.25) is 0 Å². The van der Waals surface area contributed by atoms with E-state index < -0.39 is 0 Å². The first-order chi connectivity index (χ1) is 14.6. The molecule has 3 N–H and O–H groups in total. The number of phenolic OH excluding ortho intramolecular Hbond substituents is 2. The van der Waals surface area contributed by atoms with E-state index in [1.807, 2.05) is 24.3 Å². The number of anilines is 3. The van der Waals surface area contributed by atoms with Gasteiger partial charge in [0.1, 0.15) is 11.6 Å². The summed E-state index contributed by atoms with van der Waals surface area (Å²) >= 11 is 0. The Morgan fingerprint density at radius 3 is 2.80 bits per heavy atom. The molecule has 1 saturated heterocycles. The first-order valence-electron chi connectivity index (χ1n) is 9.96. The highest BCUT2D eigenvalue weighted by Crippen LogP contribution is 2.32. The minimum absolute atomic E-state index is 0.169. The summed E-state index contributed by atoms with van der Waals surface area (Å²) in [4.78, 5) is 11.5. The topological polar surface area (TPSA) is 98.8 Å². The summed E-state index contributed by atoms with van der Waals surface area (Å²) in [5, 5.41) is 27.4. The number of pyridine rings is 1. The van der Waals surface area contributed by atoms with Crippen LogP contribution in [0.4, 0.5) is 17.3 Å². The number of hydrogen-bond acceptors (Lipinski definition) is 7. The SMILES string of the molecule is CC1CCCN1c1cccc(Nc2cc(-c3ccc(O)c(O)c3)nn3ccnc23)n1. The zero-order valence-corrected chi connectivity index (χ0v) is 16.5. The molecule has 0 amide bonds. The van der Waals surface area contributed by atoms with Gasteiger partial charge < -0.3 is 20.4 Å². The maximum absolute atomic E-state index is 9.87. The number of hydrogen-bond donors (Lipinski definition) is 3. The fourth-order valence-electron chi connectivity index (χ4n) is 3.90. The van der Waals surface area contributed by atoms with Crippen LogP contribution in [0, 0.1) is 0 Å². The van der Waals surface area contributed by atoms with Crippen molar-refractivity contribution in [3.05, 3.63) is 54.9 Å². The second-order valence-corrected chi connectivity index (χ2v) is 7.53. The fraction of sp³-hybridized carbons (Fsp3) is 0.227. The van der Waals surface area contributed by atoms with Crippen LogP contribution in [0.25, 0.3) is 16.9 Å². The lowest BCUT2D eigenvalue weighted by Crippen LogP contribution is -2.27. The molecule has 1 fully saturated rings. The molecule has 8 heteroatoms. The van der Waals surface area contributed by atoms with Gasteiger partial charge in [0, 0.05) is 30.5 Å². The number of nitrogens with one attached hydrogen (secondary N) is 1. The van der Waals surface area contributed by atoms with Crippen LogP contribution in [0.5, 0.6) is 11.5 Å². The van der Waals surface area contributed by atoms with Gasteiger partial charge in [-0.1, -0.05) is 6.07 Å². The number of nitrogens with zero attached hydrogens (tertiary/aromatic N) is 5. The third kappa shape index (κ3) is 3.26. The van der Waals surface area contributed by atoms with Crippen LogP contribution < -0.4 is 10.2 Å². The normalized spacial score (nSPS) is 16.3. The average molecular weight is 402 g/mol. The van der Waals surface area contributed by atoms with Crippen molar-refractivity contribution in [2.45, 2.75) is 25.8 Å². The molecule has 1 aromatic carbocycles. The lowest BCUT2D eigenvalue weighted by molar-refractivity contribution is 0.404. The molecule has 8 nitrogen and oxygen atoms in total. The Bertz CT molecular complexity index is 1220. The second kappa shape index (κ2) is 7.22. The molecule has 1 aliphatic heterocycles. The molecule has 3 aromatic heterocycles. The monoisotopic (exact) mass is 402 g/mol. The van der Waals surface area contributed by atoms with Crippen molar-refractivity contribution in [1.29, 1.82) is 0 Å². The molecule has 1 atom stereocenters. The number of aromatic nitrogens is 4. The van der Waals surface area contributed by atoms with E-state index in [0.29, 0.717) is 22.9 Å². The van der Waals surface area contributed by atoms with E-state index in [9.17, 15) is 10.2 Å². The predicted molar refractivity (Wildman–Crippen MR) is 115 cm³/mol. The van der Waals surface area contributed by atoms with Gasteiger partial charge in [-0.3, -0.25) is 0 Å². The van der Waals surface area contributed by atoms with Crippen molar-refractivity contribution >= 4 is 23.0 Å². The smallest absolute Gasteiger partial charge is 0.177 e. The fourth-order valence-corrected chi connectivity index (χ4v) is 3.90. The Hall–Kier alpha value is -3.81. The zero-order chi connectivity index (χ0) is 20.7. The molecule has 0 bridgehead atoms. The third-order valence-corrected chi connectivity index (χ3v) is 5.47. The van der Waals surface area contributed by atoms with Gasteiger partial charge in [0.05, 0.1) is 11.4 Å². The highest BCUT2D eigenvalue weighted by molar-refractivity contribution is 5.77. The number of imidazole rings is 1. The highest BCUT2D eigenvalue weighted by Gasteiger charge is 2.21. The van der Waals surface area contributed by atoms with Crippen LogP contribution >= 0.6 is 0 Å². The summed E-state index contributed by atoms with van der Waals surface area (Å²) in [6.45, 7) is 3.25. The zero-order valence-electron chi connectivity index (χ0n) is 16.5. The predicted octanol–water partition coefficient (Wildman–Crippen LogP) is 3.93. The van der Waals surface area contributed by atoms with Crippen molar-refractivity contribution in [2.75, 3.05) is 16.8 Å². The highest BCUT2D eigenvalue weighted by atomic mass is 16.3. The molecular weight excluding hydrogens is 380 g/mol. The number of phenols is 2. The summed E-state index contributed by atoms with van der Waals surface area (Å²) in [6.07, 6.45) is 5.81. The standard InChI is InChI=1S/C22H22N6O2/c1-14-4-3-10-27(14)21-6-2-5-20(25-21)24-17-13-16(26-28-11-9-23-22(17)28)15-7-8-18(29)19(30)12-15/h2,5-9,11-14,29-30H,3-4,10H2,1H3,(H,24,25). The molecule has 0 spiro atoms. The third-order valence-electron chi connectivity index (χ3n) is 5.47. The van der Waals surface area contributed by atoms with Gasteiger partial charge >= 0.3 is 0 Å². The first-order valence-corrected chi connectivity index (χ1v) is 9.96. The lowest BCUT2D eigenvalue weighted by Gasteiger charge is -2.23. The maximum Gasteiger partial charge on any atom is 0.177 e. The number of benzene rings is 1. The molecular formula is C22H22N6O2. The van der Waals surface area contributed by atoms with Gasteiger partial charge in [-0.05, 0) is 56.2 Å². The summed E-state index contributed by atoms with van der Waals surface area (Å²) < 4.78 is 1.67. The molecule has 1 aliphatic rings. The summed E-state index contributed by atoms with van der Waals surface area (Å²) in [5.41, 5.74) is 2.72. The molecule has 0 aliphatic carbocycles. The Labute approximate surface area is 173 Å². The molecule has 0 saturated carbocycles. The van der Waals surface area contributed by atoms with Gasteiger partial charge in [-0.15, -0.1) is 0 Å². The molecule has 30 heavy (non-hydrogen) atoms. The van der Waals surface area contributed by atoms with Gasteiger partial charge in [-0.2, -0.15) is 5.10 Å². The molecule has 0 radical (unpaired) electrons. The summed E-state index contributed by atoms with van der Waals surface area (Å²) in [6, 6.07) is 12.9. The Kier molecular flexibility index (Phi) is 4.39. The minimum Gasteiger partial charge on any atom is -0.504 e. The first kappa shape index (κ1) is 18.2. The Morgan fingerprint density at radius 2 is 2.00 bits per heavy atom. The van der Waals surface area contributed by atoms with Crippen LogP contribution in [0.15, 0.2) is 54.9 Å². The largest absolute Gasteiger partial charge is 0.504 e. The number of rotatable bonds is 4.